The number of hydrogen-bond donors (Lipinski definition) is 1. The number of nitrogens with zero attached hydrogens (tertiary/aromatic N) is 2. The molecule has 4 heteroatoms. The van der Waals surface area contributed by atoms with E-state index in [4.69, 9.17) is 4.52 Å². The molecule has 0 atom stereocenters. The Labute approximate surface area is 106 Å². The number of benzene rings is 1. The van der Waals surface area contributed by atoms with Crippen LogP contribution in [-0.2, 0) is 6.42 Å². The molecule has 1 aromatic heterocycles. The van der Waals surface area contributed by atoms with Gasteiger partial charge < -0.3 is 9.84 Å². The fourth-order valence-corrected chi connectivity index (χ4v) is 1.96. The molecule has 1 aromatic carbocycles. The van der Waals surface area contributed by atoms with Crippen LogP contribution < -0.4 is 5.32 Å². The molecular weight excluding hydrogens is 226 g/mol. The summed E-state index contributed by atoms with van der Waals surface area (Å²) in [5, 5.41) is 7.48. The van der Waals surface area contributed by atoms with Crippen molar-refractivity contribution in [2.45, 2.75) is 32.2 Å². The van der Waals surface area contributed by atoms with Crippen molar-refractivity contribution in [2.75, 3.05) is 6.54 Å². The van der Waals surface area contributed by atoms with Crippen molar-refractivity contribution in [3.63, 3.8) is 0 Å². The van der Waals surface area contributed by atoms with Crippen LogP contribution in [-0.4, -0.2) is 22.7 Å². The van der Waals surface area contributed by atoms with Gasteiger partial charge in [0.25, 0.3) is 0 Å². The maximum absolute atomic E-state index is 5.28. The predicted molar refractivity (Wildman–Crippen MR) is 69.2 cm³/mol. The molecule has 2 aromatic rings. The van der Waals surface area contributed by atoms with E-state index in [0.29, 0.717) is 11.7 Å². The average Bonchev–Trinajstić information content (AvgIpc) is 3.08. The minimum Gasteiger partial charge on any atom is -0.339 e. The molecule has 94 valence electrons. The molecule has 0 bridgehead atoms. The molecule has 1 aliphatic carbocycles. The molecule has 0 spiro atoms. The monoisotopic (exact) mass is 243 g/mol. The summed E-state index contributed by atoms with van der Waals surface area (Å²) in [7, 11) is 0. The third-order valence-corrected chi connectivity index (χ3v) is 3.20. The number of aryl methyl sites for hydroxylation is 1. The third kappa shape index (κ3) is 2.59. The summed E-state index contributed by atoms with van der Waals surface area (Å²) in [4.78, 5) is 4.44. The van der Waals surface area contributed by atoms with Crippen molar-refractivity contribution in [3.05, 3.63) is 35.7 Å². The first kappa shape index (κ1) is 11.4. The first-order chi connectivity index (χ1) is 8.83. The lowest BCUT2D eigenvalue weighted by Crippen LogP contribution is -2.19. The van der Waals surface area contributed by atoms with Crippen molar-refractivity contribution >= 4 is 0 Å². The van der Waals surface area contributed by atoms with Crippen molar-refractivity contribution in [1.82, 2.24) is 15.5 Å². The lowest BCUT2D eigenvalue weighted by Gasteiger charge is -1.98. The summed E-state index contributed by atoms with van der Waals surface area (Å²) in [6.45, 7) is 2.97. The van der Waals surface area contributed by atoms with Crippen LogP contribution in [0.4, 0.5) is 0 Å². The maximum Gasteiger partial charge on any atom is 0.228 e. The molecule has 0 aliphatic heterocycles. The smallest absolute Gasteiger partial charge is 0.228 e. The molecule has 1 aliphatic rings. The number of hydrogen-bond acceptors (Lipinski definition) is 4. The van der Waals surface area contributed by atoms with Crippen LogP contribution >= 0.6 is 0 Å². The summed E-state index contributed by atoms with van der Waals surface area (Å²) in [5.41, 5.74) is 2.21. The van der Waals surface area contributed by atoms with Crippen LogP contribution in [0, 0.1) is 6.92 Å². The number of rotatable bonds is 5. The molecule has 4 nitrogen and oxygen atoms in total. The van der Waals surface area contributed by atoms with Gasteiger partial charge in [0.1, 0.15) is 0 Å². The van der Waals surface area contributed by atoms with Gasteiger partial charge in [-0.25, -0.2) is 0 Å². The Morgan fingerprint density at radius 2 is 2.17 bits per heavy atom. The zero-order valence-electron chi connectivity index (χ0n) is 10.5. The molecule has 0 radical (unpaired) electrons. The van der Waals surface area contributed by atoms with Gasteiger partial charge in [0, 0.05) is 24.6 Å². The Kier molecular flexibility index (Phi) is 3.11. The van der Waals surface area contributed by atoms with Gasteiger partial charge in [-0.3, -0.25) is 0 Å². The van der Waals surface area contributed by atoms with E-state index >= 15 is 0 Å². The van der Waals surface area contributed by atoms with Gasteiger partial charge in [-0.1, -0.05) is 29.4 Å². The minimum absolute atomic E-state index is 0.689. The highest BCUT2D eigenvalue weighted by Crippen LogP contribution is 2.20. The highest BCUT2D eigenvalue weighted by atomic mass is 16.5. The summed E-state index contributed by atoms with van der Waals surface area (Å²) >= 11 is 0. The Hall–Kier alpha value is -1.68. The second kappa shape index (κ2) is 4.90. The van der Waals surface area contributed by atoms with Gasteiger partial charge >= 0.3 is 0 Å². The molecule has 0 saturated heterocycles. The number of aromatic nitrogens is 2. The molecule has 0 amide bonds. The average molecular weight is 243 g/mol. The van der Waals surface area contributed by atoms with Gasteiger partial charge in [-0.05, 0) is 25.3 Å². The van der Waals surface area contributed by atoms with Gasteiger partial charge in [0.2, 0.25) is 11.7 Å². The van der Waals surface area contributed by atoms with Crippen LogP contribution in [0.15, 0.2) is 28.8 Å². The zero-order chi connectivity index (χ0) is 12.4. The highest BCUT2D eigenvalue weighted by molar-refractivity contribution is 5.58. The highest BCUT2D eigenvalue weighted by Gasteiger charge is 2.20. The molecule has 1 N–H and O–H groups in total. The van der Waals surface area contributed by atoms with Gasteiger partial charge in [0.05, 0.1) is 0 Å². The van der Waals surface area contributed by atoms with Crippen molar-refractivity contribution in [1.29, 1.82) is 0 Å². The summed E-state index contributed by atoms with van der Waals surface area (Å²) in [6, 6.07) is 8.81. The normalized spacial score (nSPS) is 14.9. The zero-order valence-corrected chi connectivity index (χ0v) is 10.5. The molecule has 1 heterocycles. The van der Waals surface area contributed by atoms with Crippen molar-refractivity contribution in [2.24, 2.45) is 0 Å². The van der Waals surface area contributed by atoms with E-state index in [1.807, 2.05) is 18.2 Å². The van der Waals surface area contributed by atoms with E-state index in [9.17, 15) is 0 Å². The van der Waals surface area contributed by atoms with E-state index in [1.165, 1.54) is 18.4 Å². The molecule has 0 unspecified atom stereocenters. The standard InChI is InChI=1S/C14H17N3O/c1-10-4-2-3-5-12(10)14-16-13(18-17-14)8-9-15-11-6-7-11/h2-5,11,15H,6-9H2,1H3. The topological polar surface area (TPSA) is 51.0 Å². The Morgan fingerprint density at radius 3 is 2.94 bits per heavy atom. The van der Waals surface area contributed by atoms with Gasteiger partial charge in [-0.15, -0.1) is 0 Å². The minimum atomic E-state index is 0.689. The molecular formula is C14H17N3O. The molecule has 1 fully saturated rings. The van der Waals surface area contributed by atoms with Crippen LogP contribution in [0.2, 0.25) is 0 Å². The Balaban J connectivity index is 1.66. The first-order valence-electron chi connectivity index (χ1n) is 6.45. The molecule has 1 saturated carbocycles. The van der Waals surface area contributed by atoms with Crippen molar-refractivity contribution < 1.29 is 4.52 Å². The number of nitrogens with one attached hydrogen (secondary N) is 1. The van der Waals surface area contributed by atoms with Gasteiger partial charge in [-0.2, -0.15) is 4.98 Å². The molecule has 18 heavy (non-hydrogen) atoms. The second-order valence-electron chi connectivity index (χ2n) is 4.81. The van der Waals surface area contributed by atoms with E-state index in [1.54, 1.807) is 0 Å². The van der Waals surface area contributed by atoms with E-state index in [2.05, 4.69) is 28.4 Å². The van der Waals surface area contributed by atoms with Crippen LogP contribution in [0.3, 0.4) is 0 Å². The SMILES string of the molecule is Cc1ccccc1-c1noc(CCNC2CC2)n1. The Bertz CT molecular complexity index is 531. The summed E-state index contributed by atoms with van der Waals surface area (Å²) in [6.07, 6.45) is 3.41. The van der Waals surface area contributed by atoms with Crippen molar-refractivity contribution in [3.8, 4) is 11.4 Å². The second-order valence-corrected chi connectivity index (χ2v) is 4.81. The lowest BCUT2D eigenvalue weighted by molar-refractivity contribution is 0.376. The predicted octanol–water partition coefficient (Wildman–Crippen LogP) is 2.34. The van der Waals surface area contributed by atoms with E-state index < -0.39 is 0 Å². The first-order valence-corrected chi connectivity index (χ1v) is 6.45. The largest absolute Gasteiger partial charge is 0.339 e. The quantitative estimate of drug-likeness (QED) is 0.875. The Morgan fingerprint density at radius 1 is 1.33 bits per heavy atom. The van der Waals surface area contributed by atoms with Crippen LogP contribution in [0.25, 0.3) is 11.4 Å². The van der Waals surface area contributed by atoms with Crippen LogP contribution in [0.1, 0.15) is 24.3 Å². The third-order valence-electron chi connectivity index (χ3n) is 3.20. The van der Waals surface area contributed by atoms with Crippen LogP contribution in [0.5, 0.6) is 0 Å². The van der Waals surface area contributed by atoms with E-state index in [0.717, 1.165) is 24.6 Å². The lowest BCUT2D eigenvalue weighted by atomic mass is 10.1. The van der Waals surface area contributed by atoms with E-state index in [-0.39, 0.29) is 0 Å². The maximum atomic E-state index is 5.28. The van der Waals surface area contributed by atoms with Gasteiger partial charge in [0.15, 0.2) is 0 Å². The fraction of sp³-hybridized carbons (Fsp3) is 0.429. The summed E-state index contributed by atoms with van der Waals surface area (Å²) in [5.74, 6) is 1.40. The molecule has 3 rings (SSSR count). The fourth-order valence-electron chi connectivity index (χ4n) is 1.96. The summed E-state index contributed by atoms with van der Waals surface area (Å²) < 4.78 is 5.28.